The number of thiazole rings is 1. The average Bonchev–Trinajstić information content (AvgIpc) is 2.91. The Morgan fingerprint density at radius 2 is 2.09 bits per heavy atom. The number of aryl methyl sites for hydroxylation is 3. The Balaban J connectivity index is 1.73. The molecule has 1 aliphatic carbocycles. The predicted octanol–water partition coefficient (Wildman–Crippen LogP) is 2.76. The Hall–Kier alpha value is -1.14. The van der Waals surface area contributed by atoms with Crippen molar-refractivity contribution in [3.8, 4) is 0 Å². The number of rotatable bonds is 7. The van der Waals surface area contributed by atoms with E-state index in [1.54, 1.807) is 11.8 Å². The number of aliphatic hydroxyl groups excluding tert-OH is 1. The number of aliphatic hydroxyl groups is 1. The van der Waals surface area contributed by atoms with Crippen LogP contribution in [0.15, 0.2) is 0 Å². The van der Waals surface area contributed by atoms with Gasteiger partial charge in [-0.2, -0.15) is 0 Å². The lowest BCUT2D eigenvalue weighted by Crippen LogP contribution is -2.47. The number of nitrogens with zero attached hydrogens (tertiary/aromatic N) is 2. The first-order valence-electron chi connectivity index (χ1n) is 8.67. The molecule has 2 N–H and O–H groups in total. The molecule has 0 fully saturated rings. The van der Waals surface area contributed by atoms with Crippen LogP contribution in [-0.2, 0) is 19.3 Å². The Labute approximate surface area is 143 Å². The van der Waals surface area contributed by atoms with Gasteiger partial charge in [0, 0.05) is 30.4 Å². The lowest BCUT2D eigenvalue weighted by molar-refractivity contribution is 0.119. The molecule has 1 unspecified atom stereocenters. The maximum Gasteiger partial charge on any atom is 0.317 e. The van der Waals surface area contributed by atoms with Gasteiger partial charge in [0.15, 0.2) is 0 Å². The predicted molar refractivity (Wildman–Crippen MR) is 94.0 cm³/mol. The Morgan fingerprint density at radius 1 is 1.35 bits per heavy atom. The van der Waals surface area contributed by atoms with Crippen LogP contribution in [0.3, 0.4) is 0 Å². The Kier molecular flexibility index (Phi) is 6.84. The van der Waals surface area contributed by atoms with Crippen molar-refractivity contribution in [1.82, 2.24) is 15.2 Å². The summed E-state index contributed by atoms with van der Waals surface area (Å²) in [6, 6.07) is -0.0189. The second-order valence-electron chi connectivity index (χ2n) is 6.62. The third-order valence-electron chi connectivity index (χ3n) is 4.08. The van der Waals surface area contributed by atoms with E-state index in [4.69, 9.17) is 4.98 Å². The molecule has 0 aliphatic heterocycles. The topological polar surface area (TPSA) is 65.5 Å². The number of aromatic nitrogens is 1. The second kappa shape index (κ2) is 8.64. The van der Waals surface area contributed by atoms with Gasteiger partial charge >= 0.3 is 6.03 Å². The van der Waals surface area contributed by atoms with Crippen molar-refractivity contribution < 1.29 is 9.90 Å². The van der Waals surface area contributed by atoms with Crippen molar-refractivity contribution in [3.63, 3.8) is 0 Å². The molecule has 0 spiro atoms. The minimum absolute atomic E-state index is 0.0790. The molecule has 2 amide bonds. The van der Waals surface area contributed by atoms with Gasteiger partial charge in [-0.3, -0.25) is 0 Å². The van der Waals surface area contributed by atoms with Crippen LogP contribution in [0.1, 0.15) is 55.6 Å². The average molecular weight is 340 g/mol. The molecule has 1 aromatic heterocycles. The van der Waals surface area contributed by atoms with E-state index in [-0.39, 0.29) is 12.1 Å². The van der Waals surface area contributed by atoms with Crippen LogP contribution >= 0.6 is 11.3 Å². The van der Waals surface area contributed by atoms with E-state index in [0.717, 1.165) is 19.3 Å². The highest BCUT2D eigenvalue weighted by atomic mass is 32.1. The number of carbonyl (C=O) groups is 1. The highest BCUT2D eigenvalue weighted by Gasteiger charge is 2.18. The summed E-state index contributed by atoms with van der Waals surface area (Å²) in [5.74, 6) is 0. The maximum atomic E-state index is 12.2. The van der Waals surface area contributed by atoms with E-state index >= 15 is 0 Å². The number of urea groups is 1. The van der Waals surface area contributed by atoms with Gasteiger partial charge in [-0.15, -0.1) is 11.3 Å². The van der Waals surface area contributed by atoms with Crippen LogP contribution in [0.2, 0.25) is 0 Å². The Bertz CT molecular complexity index is 490. The number of hydrogen-bond donors (Lipinski definition) is 2. The van der Waals surface area contributed by atoms with Crippen molar-refractivity contribution in [1.29, 1.82) is 0 Å². The summed E-state index contributed by atoms with van der Waals surface area (Å²) in [7, 11) is 0. The number of hydrogen-bond acceptors (Lipinski definition) is 4. The van der Waals surface area contributed by atoms with Gasteiger partial charge in [0.05, 0.1) is 16.8 Å². The first-order chi connectivity index (χ1) is 11.0. The standard InChI is InChI=1S/C17H29N3O2S/c1-12(2)20(11-13(3)21)17(22)18-10-6-9-16-19-14-7-4-5-8-15(14)23-16/h12-13,21H,4-11H2,1-3H3,(H,18,22). The van der Waals surface area contributed by atoms with Crippen molar-refractivity contribution in [2.24, 2.45) is 0 Å². The molecule has 5 nitrogen and oxygen atoms in total. The summed E-state index contributed by atoms with van der Waals surface area (Å²) in [5, 5.41) is 13.7. The molecule has 6 heteroatoms. The van der Waals surface area contributed by atoms with Gasteiger partial charge in [0.25, 0.3) is 0 Å². The molecule has 1 atom stereocenters. The highest BCUT2D eigenvalue weighted by Crippen LogP contribution is 2.27. The fourth-order valence-corrected chi connectivity index (χ4v) is 4.06. The lowest BCUT2D eigenvalue weighted by Gasteiger charge is -2.28. The van der Waals surface area contributed by atoms with E-state index in [1.807, 2.05) is 25.2 Å². The van der Waals surface area contributed by atoms with Crippen LogP contribution in [0.25, 0.3) is 0 Å². The normalized spacial score (nSPS) is 15.3. The highest BCUT2D eigenvalue weighted by molar-refractivity contribution is 7.11. The zero-order chi connectivity index (χ0) is 16.8. The molecule has 23 heavy (non-hydrogen) atoms. The van der Waals surface area contributed by atoms with Gasteiger partial charge in [0.2, 0.25) is 0 Å². The maximum absolute atomic E-state index is 12.2. The SMILES string of the molecule is CC(O)CN(C(=O)NCCCc1nc2c(s1)CCCC2)C(C)C. The van der Waals surface area contributed by atoms with Crippen LogP contribution in [0.5, 0.6) is 0 Å². The molecule has 0 bridgehead atoms. The van der Waals surface area contributed by atoms with Crippen molar-refractivity contribution in [2.45, 2.75) is 71.4 Å². The molecule has 0 saturated heterocycles. The number of carbonyl (C=O) groups excluding carboxylic acids is 1. The zero-order valence-corrected chi connectivity index (χ0v) is 15.3. The number of fused-ring (bicyclic) bond motifs is 1. The van der Waals surface area contributed by atoms with Crippen LogP contribution in [-0.4, -0.2) is 46.3 Å². The molecule has 1 aromatic rings. The summed E-state index contributed by atoms with van der Waals surface area (Å²) < 4.78 is 0. The van der Waals surface area contributed by atoms with Gasteiger partial charge in [-0.25, -0.2) is 9.78 Å². The molecule has 1 aliphatic rings. The van der Waals surface area contributed by atoms with Crippen LogP contribution in [0.4, 0.5) is 4.79 Å². The van der Waals surface area contributed by atoms with Crippen LogP contribution < -0.4 is 5.32 Å². The van der Waals surface area contributed by atoms with Gasteiger partial charge in [-0.05, 0) is 52.9 Å². The summed E-state index contributed by atoms with van der Waals surface area (Å²) in [6.45, 7) is 6.63. The number of nitrogens with one attached hydrogen (secondary N) is 1. The summed E-state index contributed by atoms with van der Waals surface area (Å²) >= 11 is 1.85. The van der Waals surface area contributed by atoms with E-state index < -0.39 is 6.10 Å². The molecule has 0 radical (unpaired) electrons. The minimum Gasteiger partial charge on any atom is -0.392 e. The summed E-state index contributed by atoms with van der Waals surface area (Å²) in [6.07, 6.45) is 6.19. The van der Waals surface area contributed by atoms with Crippen molar-refractivity contribution in [3.05, 3.63) is 15.6 Å². The zero-order valence-electron chi connectivity index (χ0n) is 14.5. The lowest BCUT2D eigenvalue weighted by atomic mass is 10.0. The van der Waals surface area contributed by atoms with E-state index in [1.165, 1.54) is 34.8 Å². The molecular formula is C17H29N3O2S. The molecular weight excluding hydrogens is 310 g/mol. The van der Waals surface area contributed by atoms with E-state index in [9.17, 15) is 9.90 Å². The smallest absolute Gasteiger partial charge is 0.317 e. The summed E-state index contributed by atoms with van der Waals surface area (Å²) in [5.41, 5.74) is 1.31. The first-order valence-corrected chi connectivity index (χ1v) is 9.49. The second-order valence-corrected chi connectivity index (χ2v) is 7.78. The fourth-order valence-electron chi connectivity index (χ4n) is 2.86. The van der Waals surface area contributed by atoms with Crippen molar-refractivity contribution in [2.75, 3.05) is 13.1 Å². The van der Waals surface area contributed by atoms with E-state index in [0.29, 0.717) is 13.1 Å². The third kappa shape index (κ3) is 5.46. The monoisotopic (exact) mass is 339 g/mol. The minimum atomic E-state index is -0.509. The molecule has 130 valence electrons. The molecule has 2 rings (SSSR count). The summed E-state index contributed by atoms with van der Waals surface area (Å²) in [4.78, 5) is 20.1. The van der Waals surface area contributed by atoms with Gasteiger partial charge in [0.1, 0.15) is 0 Å². The third-order valence-corrected chi connectivity index (χ3v) is 5.30. The molecule has 0 saturated carbocycles. The quantitative estimate of drug-likeness (QED) is 0.751. The largest absolute Gasteiger partial charge is 0.392 e. The van der Waals surface area contributed by atoms with E-state index in [2.05, 4.69) is 5.32 Å². The van der Waals surface area contributed by atoms with Crippen LogP contribution in [0, 0.1) is 0 Å². The molecule has 1 heterocycles. The molecule has 0 aromatic carbocycles. The fraction of sp³-hybridized carbons (Fsp3) is 0.765. The van der Waals surface area contributed by atoms with Crippen molar-refractivity contribution >= 4 is 17.4 Å². The first kappa shape index (κ1) is 18.2. The number of amides is 2. The van der Waals surface area contributed by atoms with Gasteiger partial charge in [-0.1, -0.05) is 0 Å². The van der Waals surface area contributed by atoms with Gasteiger partial charge < -0.3 is 15.3 Å². The Morgan fingerprint density at radius 3 is 2.74 bits per heavy atom.